The summed E-state index contributed by atoms with van der Waals surface area (Å²) in [7, 11) is 4.48. The molecule has 0 fully saturated rings. The number of hydrogen-bond donors (Lipinski definition) is 2. The Bertz CT molecular complexity index is 904. The average molecular weight is 431 g/mol. The number of carbonyl (C=O) groups excluding carboxylic acids is 2. The monoisotopic (exact) mass is 430 g/mol. The van der Waals surface area contributed by atoms with E-state index in [-0.39, 0.29) is 11.9 Å². The maximum absolute atomic E-state index is 13.3. The van der Waals surface area contributed by atoms with E-state index in [2.05, 4.69) is 15.3 Å². The van der Waals surface area contributed by atoms with E-state index in [0.717, 1.165) is 17.0 Å². The summed E-state index contributed by atoms with van der Waals surface area (Å²) in [6.45, 7) is 4.44. The maximum atomic E-state index is 13.3. The molecule has 3 rings (SSSR count). The summed E-state index contributed by atoms with van der Waals surface area (Å²) in [5.41, 5.74) is 2.54. The molecule has 2 amide bonds. The van der Waals surface area contributed by atoms with Gasteiger partial charge >= 0.3 is 12.0 Å². The molecule has 9 heteroatoms. The van der Waals surface area contributed by atoms with Crippen LogP contribution in [0.25, 0.3) is 0 Å². The van der Waals surface area contributed by atoms with Gasteiger partial charge in [0.1, 0.15) is 23.6 Å². The lowest BCUT2D eigenvalue weighted by atomic mass is 9.95. The SMILES string of the molecule is COC(=O)[C@H](CC(C)C)NC(=O)N1CCc2[nH]cnc2[C@H]1c1cc(OC)cc(OC)c1. The summed E-state index contributed by atoms with van der Waals surface area (Å²) >= 11 is 0. The highest BCUT2D eigenvalue weighted by Gasteiger charge is 2.36. The number of aromatic amines is 1. The highest BCUT2D eigenvalue weighted by Crippen LogP contribution is 2.37. The van der Waals surface area contributed by atoms with Crippen LogP contribution in [0.2, 0.25) is 0 Å². The van der Waals surface area contributed by atoms with Gasteiger partial charge < -0.3 is 29.4 Å². The van der Waals surface area contributed by atoms with Gasteiger partial charge in [-0.3, -0.25) is 0 Å². The van der Waals surface area contributed by atoms with E-state index in [9.17, 15) is 9.59 Å². The molecule has 1 aromatic heterocycles. The fourth-order valence-corrected chi connectivity index (χ4v) is 3.88. The zero-order chi connectivity index (χ0) is 22.5. The Morgan fingerprint density at radius 1 is 1.19 bits per heavy atom. The van der Waals surface area contributed by atoms with Crippen LogP contribution in [-0.2, 0) is 16.0 Å². The highest BCUT2D eigenvalue weighted by molar-refractivity contribution is 5.84. The van der Waals surface area contributed by atoms with Crippen molar-refractivity contribution in [3.63, 3.8) is 0 Å². The predicted molar refractivity (Wildman–Crippen MR) is 114 cm³/mol. The molecule has 1 aromatic carbocycles. The molecule has 0 radical (unpaired) electrons. The van der Waals surface area contributed by atoms with Crippen molar-refractivity contribution in [1.29, 1.82) is 0 Å². The number of aromatic nitrogens is 2. The van der Waals surface area contributed by atoms with Crippen LogP contribution in [0, 0.1) is 5.92 Å². The number of rotatable bonds is 7. The fraction of sp³-hybridized carbons (Fsp3) is 0.500. The quantitative estimate of drug-likeness (QED) is 0.654. The maximum Gasteiger partial charge on any atom is 0.328 e. The van der Waals surface area contributed by atoms with E-state index in [1.165, 1.54) is 7.11 Å². The number of nitrogens with one attached hydrogen (secondary N) is 2. The number of methoxy groups -OCH3 is 3. The normalized spacial score (nSPS) is 16.5. The molecule has 168 valence electrons. The second-order valence-corrected chi connectivity index (χ2v) is 7.91. The summed E-state index contributed by atoms with van der Waals surface area (Å²) in [4.78, 5) is 34.9. The van der Waals surface area contributed by atoms with Crippen molar-refractivity contribution in [3.8, 4) is 11.5 Å². The van der Waals surface area contributed by atoms with Crippen molar-refractivity contribution in [2.75, 3.05) is 27.9 Å². The van der Waals surface area contributed by atoms with Gasteiger partial charge in [-0.15, -0.1) is 0 Å². The van der Waals surface area contributed by atoms with Gasteiger partial charge in [-0.05, 0) is 30.0 Å². The smallest absolute Gasteiger partial charge is 0.328 e. The highest BCUT2D eigenvalue weighted by atomic mass is 16.5. The van der Waals surface area contributed by atoms with Gasteiger partial charge in [0.15, 0.2) is 0 Å². The summed E-state index contributed by atoms with van der Waals surface area (Å²) in [5, 5.41) is 2.86. The number of nitrogens with zero attached hydrogens (tertiary/aromatic N) is 2. The lowest BCUT2D eigenvalue weighted by Gasteiger charge is -2.36. The van der Waals surface area contributed by atoms with Crippen LogP contribution in [0.3, 0.4) is 0 Å². The average Bonchev–Trinajstić information content (AvgIpc) is 3.25. The minimum absolute atomic E-state index is 0.210. The van der Waals surface area contributed by atoms with Crippen LogP contribution in [0.15, 0.2) is 24.5 Å². The molecule has 1 aliphatic heterocycles. The lowest BCUT2D eigenvalue weighted by molar-refractivity contribution is -0.143. The van der Waals surface area contributed by atoms with Crippen LogP contribution in [0.1, 0.15) is 43.3 Å². The largest absolute Gasteiger partial charge is 0.497 e. The molecule has 2 N–H and O–H groups in total. The predicted octanol–water partition coefficient (Wildman–Crippen LogP) is 2.67. The molecule has 9 nitrogen and oxygen atoms in total. The van der Waals surface area contributed by atoms with Crippen LogP contribution in [-0.4, -0.2) is 60.8 Å². The molecule has 0 bridgehead atoms. The van der Waals surface area contributed by atoms with Crippen molar-refractivity contribution in [2.24, 2.45) is 5.92 Å². The standard InChI is InChI=1S/C22H30N4O5/c1-13(2)8-18(21(27)31-5)25-22(28)26-7-6-17-19(24-12-23-17)20(26)14-9-15(29-3)11-16(10-14)30-4/h9-13,18,20H,6-8H2,1-5H3,(H,23,24)(H,25,28)/t18-,20+/m0/s1. The third-order valence-electron chi connectivity index (χ3n) is 5.37. The van der Waals surface area contributed by atoms with Crippen LogP contribution < -0.4 is 14.8 Å². The van der Waals surface area contributed by atoms with E-state index in [1.807, 2.05) is 26.0 Å². The number of amides is 2. The van der Waals surface area contributed by atoms with Crippen molar-refractivity contribution >= 4 is 12.0 Å². The van der Waals surface area contributed by atoms with Gasteiger partial charge in [0.25, 0.3) is 0 Å². The number of carbonyl (C=O) groups is 2. The third-order valence-corrected chi connectivity index (χ3v) is 5.37. The molecule has 0 saturated heterocycles. The van der Waals surface area contributed by atoms with Crippen molar-refractivity contribution in [2.45, 2.75) is 38.8 Å². The van der Waals surface area contributed by atoms with Crippen LogP contribution >= 0.6 is 0 Å². The molecule has 1 aliphatic rings. The number of H-pyrrole nitrogens is 1. The molecular weight excluding hydrogens is 400 g/mol. The first kappa shape index (κ1) is 22.5. The number of urea groups is 1. The van der Waals surface area contributed by atoms with Gasteiger partial charge in [0.2, 0.25) is 0 Å². The van der Waals surface area contributed by atoms with E-state index in [1.54, 1.807) is 31.5 Å². The van der Waals surface area contributed by atoms with Crippen molar-refractivity contribution in [1.82, 2.24) is 20.2 Å². The van der Waals surface area contributed by atoms with E-state index < -0.39 is 18.1 Å². The van der Waals surface area contributed by atoms with Gasteiger partial charge in [-0.1, -0.05) is 13.8 Å². The minimum Gasteiger partial charge on any atom is -0.497 e. The topological polar surface area (TPSA) is 106 Å². The lowest BCUT2D eigenvalue weighted by Crippen LogP contribution is -2.51. The molecular formula is C22H30N4O5. The molecule has 0 unspecified atom stereocenters. The molecule has 2 heterocycles. The number of ether oxygens (including phenoxy) is 3. The Hall–Kier alpha value is -3.23. The molecule has 2 aromatic rings. The number of imidazole rings is 1. The number of benzene rings is 1. The second-order valence-electron chi connectivity index (χ2n) is 7.91. The first-order valence-electron chi connectivity index (χ1n) is 10.3. The van der Waals surface area contributed by atoms with E-state index >= 15 is 0 Å². The van der Waals surface area contributed by atoms with Gasteiger partial charge in [0, 0.05) is 24.7 Å². The Morgan fingerprint density at radius 2 is 1.87 bits per heavy atom. The zero-order valence-electron chi connectivity index (χ0n) is 18.6. The van der Waals surface area contributed by atoms with Gasteiger partial charge in [-0.2, -0.15) is 0 Å². The Kier molecular flexibility index (Phi) is 7.04. The molecule has 0 spiro atoms. The van der Waals surface area contributed by atoms with Gasteiger partial charge in [-0.25, -0.2) is 14.6 Å². The van der Waals surface area contributed by atoms with E-state index in [4.69, 9.17) is 14.2 Å². The van der Waals surface area contributed by atoms with E-state index in [0.29, 0.717) is 30.9 Å². The van der Waals surface area contributed by atoms with Crippen LogP contribution in [0.5, 0.6) is 11.5 Å². The van der Waals surface area contributed by atoms with Crippen LogP contribution in [0.4, 0.5) is 4.79 Å². The van der Waals surface area contributed by atoms with Crippen molar-refractivity contribution in [3.05, 3.63) is 41.5 Å². The Labute approximate surface area is 182 Å². The Balaban J connectivity index is 1.97. The minimum atomic E-state index is -0.724. The molecule has 31 heavy (non-hydrogen) atoms. The summed E-state index contributed by atoms with van der Waals surface area (Å²) < 4.78 is 15.7. The molecule has 0 aliphatic carbocycles. The summed E-state index contributed by atoms with van der Waals surface area (Å²) in [6, 6.07) is 3.97. The van der Waals surface area contributed by atoms with Gasteiger partial charge in [0.05, 0.1) is 33.4 Å². The first-order chi connectivity index (χ1) is 14.9. The third kappa shape index (κ3) is 4.92. The number of fused-ring (bicyclic) bond motifs is 1. The molecule has 2 atom stereocenters. The summed E-state index contributed by atoms with van der Waals surface area (Å²) in [6.07, 6.45) is 2.75. The Morgan fingerprint density at radius 3 is 2.45 bits per heavy atom. The van der Waals surface area contributed by atoms with Crippen molar-refractivity contribution < 1.29 is 23.8 Å². The zero-order valence-corrected chi connectivity index (χ0v) is 18.6. The number of hydrogen-bond acceptors (Lipinski definition) is 6. The summed E-state index contributed by atoms with van der Waals surface area (Å²) in [5.74, 6) is 0.982. The number of esters is 1. The fourth-order valence-electron chi connectivity index (χ4n) is 3.88. The second kappa shape index (κ2) is 9.72. The molecule has 0 saturated carbocycles. The first-order valence-corrected chi connectivity index (χ1v) is 10.3.